The lowest BCUT2D eigenvalue weighted by Gasteiger charge is -2.21. The van der Waals surface area contributed by atoms with E-state index in [1.807, 2.05) is 12.1 Å². The molecule has 0 bridgehead atoms. The maximum atomic E-state index is 5.38. The van der Waals surface area contributed by atoms with E-state index < -0.39 is 0 Å². The van der Waals surface area contributed by atoms with Gasteiger partial charge in [-0.15, -0.1) is 0 Å². The maximum Gasteiger partial charge on any atom is 0.235 e. The molecule has 9 heteroatoms. The summed E-state index contributed by atoms with van der Waals surface area (Å²) in [6.07, 6.45) is 0. The summed E-state index contributed by atoms with van der Waals surface area (Å²) in [6, 6.07) is 163. The Bertz CT molecular complexity index is 9660. The highest BCUT2D eigenvalue weighted by molar-refractivity contribution is 6.15. The third-order valence-corrected chi connectivity index (χ3v) is 30.5. The van der Waals surface area contributed by atoms with Crippen LogP contribution in [0.3, 0.4) is 0 Å². The molecule has 6 aromatic heterocycles. The van der Waals surface area contributed by atoms with Crippen LogP contribution in [0.1, 0.15) is 74.9 Å². The van der Waals surface area contributed by atoms with Crippen molar-refractivity contribution in [2.75, 3.05) is 0 Å². The second kappa shape index (κ2) is 32.6. The fourth-order valence-electron chi connectivity index (χ4n) is 23.2. The second-order valence-electron chi connectivity index (χ2n) is 39.6. The van der Waals surface area contributed by atoms with Gasteiger partial charge in [-0.2, -0.15) is 0 Å². The van der Waals surface area contributed by atoms with Crippen LogP contribution in [0.2, 0.25) is 0 Å². The molecule has 26 aromatic rings. The highest BCUT2D eigenvalue weighted by atomic mass is 15.2. The number of hydrogen-bond donors (Lipinski definition) is 0. The van der Waals surface area contributed by atoms with E-state index in [9.17, 15) is 0 Å². The van der Waals surface area contributed by atoms with Crippen LogP contribution in [0, 0.1) is 0 Å². The molecule has 0 aliphatic heterocycles. The summed E-state index contributed by atoms with van der Waals surface area (Å²) < 4.78 is 6.94. The zero-order chi connectivity index (χ0) is 94.8. The van der Waals surface area contributed by atoms with Gasteiger partial charge in [0, 0.05) is 92.7 Å². The molecule has 0 spiro atoms. The number of hydrogen-bond acceptors (Lipinski definition) is 6. The van der Waals surface area contributed by atoms with Gasteiger partial charge in [-0.05, 0) is 214 Å². The lowest BCUT2D eigenvalue weighted by Crippen LogP contribution is -2.15. The van der Waals surface area contributed by atoms with Crippen molar-refractivity contribution in [2.45, 2.75) is 57.8 Å². The average Bonchev–Trinajstić information content (AvgIpc) is 1.56. The zero-order valence-corrected chi connectivity index (χ0v) is 79.3. The first kappa shape index (κ1) is 83.5. The van der Waals surface area contributed by atoms with Gasteiger partial charge in [0.05, 0.1) is 66.7 Å². The largest absolute Gasteiger partial charge is 0.309 e. The number of nitrogens with zero attached hydrogens (tertiary/aromatic N) is 9. The topological polar surface area (TPSA) is 92.1 Å². The molecule has 0 radical (unpaired) electrons. The Hall–Kier alpha value is -17.9. The van der Waals surface area contributed by atoms with Crippen molar-refractivity contribution in [3.05, 3.63) is 488 Å². The lowest BCUT2D eigenvalue weighted by molar-refractivity contribution is 0.661. The summed E-state index contributed by atoms with van der Waals surface area (Å²) in [4.78, 5) is 31.4. The molecule has 3 aliphatic rings. The molecule has 0 unspecified atom stereocenters. The van der Waals surface area contributed by atoms with Gasteiger partial charge in [0.1, 0.15) is 0 Å². The second-order valence-corrected chi connectivity index (χ2v) is 39.6. The van der Waals surface area contributed by atoms with E-state index in [2.05, 4.69) is 498 Å². The Labute approximate surface area is 822 Å². The maximum absolute atomic E-state index is 5.38. The highest BCUT2D eigenvalue weighted by Gasteiger charge is 2.40. The molecule has 9 nitrogen and oxygen atoms in total. The van der Waals surface area contributed by atoms with Crippen molar-refractivity contribution >= 4 is 109 Å². The van der Waals surface area contributed by atoms with E-state index in [1.54, 1.807) is 0 Å². The van der Waals surface area contributed by atoms with Gasteiger partial charge in [-0.1, -0.05) is 393 Å². The van der Waals surface area contributed by atoms with Crippen molar-refractivity contribution in [1.82, 2.24) is 43.6 Å². The van der Waals surface area contributed by atoms with Gasteiger partial charge in [-0.25, -0.2) is 29.9 Å². The summed E-state index contributed by atoms with van der Waals surface area (Å²) in [6.45, 7) is 14.0. The molecule has 0 amide bonds. The third-order valence-electron chi connectivity index (χ3n) is 30.5. The molecule has 6 heterocycles. The van der Waals surface area contributed by atoms with Gasteiger partial charge in [0.25, 0.3) is 0 Å². The van der Waals surface area contributed by atoms with E-state index in [1.165, 1.54) is 154 Å². The van der Waals surface area contributed by atoms with E-state index >= 15 is 0 Å². The van der Waals surface area contributed by atoms with E-state index in [-0.39, 0.29) is 16.2 Å². The first-order chi connectivity index (χ1) is 69.7. The van der Waals surface area contributed by atoms with Gasteiger partial charge in [0.2, 0.25) is 11.9 Å². The molecule has 29 rings (SSSR count). The molecule has 0 saturated carbocycles. The van der Waals surface area contributed by atoms with Crippen LogP contribution in [0.4, 0.5) is 0 Å². The lowest BCUT2D eigenvalue weighted by atomic mass is 9.82. The Balaban J connectivity index is 0.000000107. The predicted molar refractivity (Wildman–Crippen MR) is 590 cm³/mol. The standard InChI is InChI=1S/C47H33N3.C45H31N3.C41H29N3/c1-47(2)40-17-9-6-14-35(40)38-28-39-36-15-8-11-19-43(36)50(44(39)29-41(38)47)34-26-24-33(25-27-34)46-48-42-18-10-7-16-37(42)45(49-46)32-22-20-31(21-23-32)30-12-4-3-5-13-30;1-45(2)38-16-8-5-13-33(38)36-26-37-34-14-7-10-18-41(34)48(42(37)27-39(36)45)44-46-40-17-9-6-15-35(40)43(47-44)30-22-19-29(20-23-30)32-24-21-28-11-3-4-12-31(28)25-32;1-41(2)34-17-9-6-14-29(34)32-24-33-30-15-8-11-19-37(30)44(38(33)25-35(32)41)40-42-36-18-10-7-16-31(36)39(43-40)28-22-20-27(21-23-28)26-12-4-3-5-13-26/h3-29H,1-2H3;3-27H,1-2H3;3-25H,1-2H3. The number of benzene rings is 20. The summed E-state index contributed by atoms with van der Waals surface area (Å²) in [5, 5.41) is 13.0. The van der Waals surface area contributed by atoms with Gasteiger partial charge in [-0.3, -0.25) is 9.13 Å². The van der Waals surface area contributed by atoms with Crippen LogP contribution in [-0.2, 0) is 16.2 Å². The number of aromatic nitrogens is 9. The van der Waals surface area contributed by atoms with Crippen molar-refractivity contribution in [2.24, 2.45) is 0 Å². The van der Waals surface area contributed by atoms with Crippen LogP contribution in [0.5, 0.6) is 0 Å². The molecule has 0 atom stereocenters. The molecule has 0 N–H and O–H groups in total. The summed E-state index contributed by atoms with van der Waals surface area (Å²) >= 11 is 0. The molecule has 0 fully saturated rings. The molecule has 3 aliphatic carbocycles. The first-order valence-electron chi connectivity index (χ1n) is 49.0. The van der Waals surface area contributed by atoms with Gasteiger partial charge >= 0.3 is 0 Å². The summed E-state index contributed by atoms with van der Waals surface area (Å²) in [5.74, 6) is 2.09. The normalized spacial score (nSPS) is 13.3. The Morgan fingerprint density at radius 2 is 0.465 bits per heavy atom. The summed E-state index contributed by atoms with van der Waals surface area (Å²) in [5.41, 5.74) is 40.9. The van der Waals surface area contributed by atoms with Gasteiger partial charge in [0.15, 0.2) is 5.82 Å². The zero-order valence-electron chi connectivity index (χ0n) is 79.3. The van der Waals surface area contributed by atoms with Crippen LogP contribution in [-0.4, -0.2) is 43.6 Å². The quantitative estimate of drug-likeness (QED) is 0.135. The molecular weight excluding hydrogens is 1720 g/mol. The SMILES string of the molecule is CC1(C)c2ccccc2-c2cc3c4ccccc4n(-c4ccc(-c5nc(-c6ccc(-c7ccccc7)cc6)c6ccccc6n5)cc4)c3cc21.CC1(C)c2ccccc2-c2cc3c4ccccc4n(-c4nc(-c5ccc(-c6ccc7ccccc7c6)cc5)c5ccccc5n4)c3cc21.CC1(C)c2ccccc2-c2cc3c4ccccc4n(-c4nc(-c5ccc(-c6ccccc6)cc5)c5ccccc5n4)c3cc21. The van der Waals surface area contributed by atoms with Crippen molar-refractivity contribution in [3.8, 4) is 130 Å². The number of fused-ring (bicyclic) bond motifs is 22. The fourth-order valence-corrected chi connectivity index (χ4v) is 23.2. The highest BCUT2D eigenvalue weighted by Crippen LogP contribution is 2.56. The molecule has 20 aromatic carbocycles. The van der Waals surface area contributed by atoms with E-state index in [0.29, 0.717) is 11.9 Å². The fraction of sp³-hybridized carbons (Fsp3) is 0.0677. The minimum atomic E-state index is -0.108. The first-order valence-corrected chi connectivity index (χ1v) is 49.0. The predicted octanol–water partition coefficient (Wildman–Crippen LogP) is 33.9. The van der Waals surface area contributed by atoms with Crippen LogP contribution in [0.15, 0.2) is 455 Å². The third kappa shape index (κ3) is 13.4. The molecular formula is C133H93N9. The Kier molecular flexibility index (Phi) is 19.2. The van der Waals surface area contributed by atoms with Crippen LogP contribution >= 0.6 is 0 Å². The summed E-state index contributed by atoms with van der Waals surface area (Å²) in [7, 11) is 0. The van der Waals surface area contributed by atoms with E-state index in [4.69, 9.17) is 29.9 Å². The average molecular weight is 1820 g/mol. The monoisotopic (exact) mass is 1820 g/mol. The van der Waals surface area contributed by atoms with Crippen molar-refractivity contribution in [3.63, 3.8) is 0 Å². The Morgan fingerprint density at radius 3 is 0.880 bits per heavy atom. The minimum absolute atomic E-state index is 0.0712. The molecule has 0 saturated heterocycles. The number of para-hydroxylation sites is 6. The minimum Gasteiger partial charge on any atom is -0.309 e. The molecule has 142 heavy (non-hydrogen) atoms. The Morgan fingerprint density at radius 1 is 0.169 bits per heavy atom. The smallest absolute Gasteiger partial charge is 0.235 e. The van der Waals surface area contributed by atoms with Crippen molar-refractivity contribution in [1.29, 1.82) is 0 Å². The van der Waals surface area contributed by atoms with E-state index in [0.717, 1.165) is 106 Å². The number of rotatable bonds is 10. The van der Waals surface area contributed by atoms with Crippen LogP contribution < -0.4 is 0 Å². The van der Waals surface area contributed by atoms with Crippen LogP contribution in [0.25, 0.3) is 238 Å². The van der Waals surface area contributed by atoms with Crippen molar-refractivity contribution < 1.29 is 0 Å². The molecule has 670 valence electrons. The van der Waals surface area contributed by atoms with Gasteiger partial charge < -0.3 is 4.57 Å².